The minimum absolute atomic E-state index is 0.525. The van der Waals surface area contributed by atoms with E-state index in [1.54, 1.807) is 0 Å². The van der Waals surface area contributed by atoms with Crippen LogP contribution in [0.4, 0.5) is 0 Å². The Morgan fingerprint density at radius 1 is 1.40 bits per heavy atom. The Kier molecular flexibility index (Phi) is 3.88. The van der Waals surface area contributed by atoms with Crippen molar-refractivity contribution in [2.24, 2.45) is 0 Å². The number of aromatic nitrogens is 1. The smallest absolute Gasteiger partial charge is 0.231 e. The van der Waals surface area contributed by atoms with E-state index in [-0.39, 0.29) is 0 Å². The molecule has 4 nitrogen and oxygen atoms in total. The molecule has 1 aromatic rings. The number of rotatable bonds is 5. The van der Waals surface area contributed by atoms with Crippen molar-refractivity contribution in [1.29, 1.82) is 5.26 Å². The topological polar surface area (TPSA) is 49.1 Å². The maximum Gasteiger partial charge on any atom is 0.231 e. The quantitative estimate of drug-likeness (QED) is 0.824. The summed E-state index contributed by atoms with van der Waals surface area (Å²) in [5.74, 6) is 0.525. The predicted molar refractivity (Wildman–Crippen MR) is 76.7 cm³/mol. The Morgan fingerprint density at radius 2 is 2.20 bits per heavy atom. The van der Waals surface area contributed by atoms with E-state index in [0.29, 0.717) is 18.1 Å². The molecule has 20 heavy (non-hydrogen) atoms. The van der Waals surface area contributed by atoms with Crippen molar-refractivity contribution in [2.75, 3.05) is 20.2 Å². The van der Waals surface area contributed by atoms with Gasteiger partial charge in [0.25, 0.3) is 0 Å². The van der Waals surface area contributed by atoms with Crippen LogP contribution in [0.2, 0.25) is 0 Å². The van der Waals surface area contributed by atoms with Crippen molar-refractivity contribution in [3.63, 3.8) is 0 Å². The molecule has 0 radical (unpaired) electrons. The molecule has 1 saturated carbocycles. The minimum Gasteiger partial charge on any atom is -0.475 e. The Labute approximate surface area is 120 Å². The summed E-state index contributed by atoms with van der Waals surface area (Å²) in [6, 6.07) is 4.93. The second-order valence-corrected chi connectivity index (χ2v) is 5.83. The molecule has 1 aromatic heterocycles. The lowest BCUT2D eigenvalue weighted by atomic mass is 9.95. The third-order valence-electron chi connectivity index (χ3n) is 4.24. The number of hydrogen-bond donors (Lipinski definition) is 0. The average Bonchev–Trinajstić information content (AvgIpc) is 3.31. The molecular weight excluding hydrogens is 250 g/mol. The van der Waals surface area contributed by atoms with Crippen LogP contribution in [0, 0.1) is 11.3 Å². The fraction of sp³-hybridized carbons (Fsp3) is 0.625. The summed E-state index contributed by atoms with van der Waals surface area (Å²) in [6.45, 7) is 1.50. The highest BCUT2D eigenvalue weighted by atomic mass is 16.5. The summed E-state index contributed by atoms with van der Waals surface area (Å²) in [6.07, 6.45) is 7.05. The zero-order valence-electron chi connectivity index (χ0n) is 12.1. The first-order valence-corrected chi connectivity index (χ1v) is 7.54. The van der Waals surface area contributed by atoms with Gasteiger partial charge in [0, 0.05) is 18.3 Å². The van der Waals surface area contributed by atoms with Gasteiger partial charge in [0.15, 0.2) is 0 Å². The zero-order valence-corrected chi connectivity index (χ0v) is 12.1. The first kappa shape index (κ1) is 13.4. The molecule has 4 heteroatoms. The molecule has 0 N–H and O–H groups in total. The molecule has 1 heterocycles. The van der Waals surface area contributed by atoms with Gasteiger partial charge in [-0.1, -0.05) is 0 Å². The number of pyridine rings is 1. The van der Waals surface area contributed by atoms with Gasteiger partial charge in [0.2, 0.25) is 5.88 Å². The number of aryl methyl sites for hydroxylation is 2. The molecule has 0 aromatic carbocycles. The van der Waals surface area contributed by atoms with E-state index >= 15 is 0 Å². The van der Waals surface area contributed by atoms with Crippen molar-refractivity contribution in [1.82, 2.24) is 9.88 Å². The third kappa shape index (κ3) is 2.94. The lowest BCUT2D eigenvalue weighted by molar-refractivity contribution is 0.225. The second kappa shape index (κ2) is 5.80. The molecule has 0 atom stereocenters. The van der Waals surface area contributed by atoms with Crippen LogP contribution >= 0.6 is 0 Å². The van der Waals surface area contributed by atoms with Crippen molar-refractivity contribution >= 4 is 0 Å². The molecule has 2 aliphatic carbocycles. The van der Waals surface area contributed by atoms with Gasteiger partial charge >= 0.3 is 0 Å². The SMILES string of the molecule is CN(CCOc1nc2c(cc1C#N)CCCC2)C1CC1. The molecular formula is C16H21N3O. The number of likely N-dealkylation sites (N-methyl/N-ethyl adjacent to an activating group) is 1. The van der Waals surface area contributed by atoms with Gasteiger partial charge in [-0.2, -0.15) is 5.26 Å². The molecule has 1 fully saturated rings. The lowest BCUT2D eigenvalue weighted by Gasteiger charge is -2.18. The minimum atomic E-state index is 0.525. The number of fused-ring (bicyclic) bond motifs is 1. The Balaban J connectivity index is 1.66. The molecule has 0 amide bonds. The molecule has 0 spiro atoms. The zero-order chi connectivity index (χ0) is 13.9. The fourth-order valence-electron chi connectivity index (χ4n) is 2.79. The van der Waals surface area contributed by atoms with Gasteiger partial charge < -0.3 is 9.64 Å². The van der Waals surface area contributed by atoms with Crippen LogP contribution in [-0.2, 0) is 12.8 Å². The van der Waals surface area contributed by atoms with Crippen LogP contribution in [-0.4, -0.2) is 36.1 Å². The van der Waals surface area contributed by atoms with Crippen LogP contribution in [0.15, 0.2) is 6.07 Å². The summed E-state index contributed by atoms with van der Waals surface area (Å²) in [5.41, 5.74) is 2.94. The highest BCUT2D eigenvalue weighted by Gasteiger charge is 2.25. The number of hydrogen-bond acceptors (Lipinski definition) is 4. The molecule has 0 unspecified atom stereocenters. The summed E-state index contributed by atoms with van der Waals surface area (Å²) in [7, 11) is 2.13. The van der Waals surface area contributed by atoms with Crippen molar-refractivity contribution in [2.45, 2.75) is 44.6 Å². The van der Waals surface area contributed by atoms with Gasteiger partial charge in [0.1, 0.15) is 18.2 Å². The predicted octanol–water partition coefficient (Wildman–Crippen LogP) is 2.31. The van der Waals surface area contributed by atoms with Crippen molar-refractivity contribution in [3.05, 3.63) is 22.9 Å². The summed E-state index contributed by atoms with van der Waals surface area (Å²) in [4.78, 5) is 6.90. The molecule has 0 saturated heterocycles. The molecule has 2 aliphatic rings. The van der Waals surface area contributed by atoms with Gasteiger partial charge in [-0.05, 0) is 57.2 Å². The van der Waals surface area contributed by atoms with Crippen LogP contribution in [0.3, 0.4) is 0 Å². The highest BCUT2D eigenvalue weighted by molar-refractivity contribution is 5.43. The summed E-state index contributed by atoms with van der Waals surface area (Å²) >= 11 is 0. The first-order valence-electron chi connectivity index (χ1n) is 7.54. The van der Waals surface area contributed by atoms with Gasteiger partial charge in [-0.3, -0.25) is 0 Å². The van der Waals surface area contributed by atoms with Gasteiger partial charge in [-0.15, -0.1) is 0 Å². The molecule has 3 rings (SSSR count). The Morgan fingerprint density at radius 3 is 2.95 bits per heavy atom. The number of ether oxygens (including phenoxy) is 1. The third-order valence-corrected chi connectivity index (χ3v) is 4.24. The van der Waals surface area contributed by atoms with E-state index in [1.807, 2.05) is 6.07 Å². The van der Waals surface area contributed by atoms with Crippen LogP contribution in [0.25, 0.3) is 0 Å². The van der Waals surface area contributed by atoms with E-state index in [1.165, 1.54) is 31.2 Å². The van der Waals surface area contributed by atoms with Gasteiger partial charge in [0.05, 0.1) is 0 Å². The standard InChI is InChI=1S/C16H21N3O/c1-19(14-6-7-14)8-9-20-16-13(11-17)10-12-4-2-3-5-15(12)18-16/h10,14H,2-9H2,1H3. The van der Waals surface area contributed by atoms with E-state index < -0.39 is 0 Å². The monoisotopic (exact) mass is 271 g/mol. The maximum absolute atomic E-state index is 9.25. The van der Waals surface area contributed by atoms with E-state index in [9.17, 15) is 5.26 Å². The Bertz CT molecular complexity index is 531. The molecule has 0 bridgehead atoms. The average molecular weight is 271 g/mol. The maximum atomic E-state index is 9.25. The van der Waals surface area contributed by atoms with E-state index in [2.05, 4.69) is 23.0 Å². The first-order chi connectivity index (χ1) is 9.78. The van der Waals surface area contributed by atoms with E-state index in [4.69, 9.17) is 4.74 Å². The number of nitriles is 1. The van der Waals surface area contributed by atoms with Gasteiger partial charge in [-0.25, -0.2) is 4.98 Å². The fourth-order valence-corrected chi connectivity index (χ4v) is 2.79. The summed E-state index contributed by atoms with van der Waals surface area (Å²) in [5, 5.41) is 9.25. The van der Waals surface area contributed by atoms with Crippen LogP contribution in [0.5, 0.6) is 5.88 Å². The normalized spacial score (nSPS) is 17.6. The molecule has 0 aliphatic heterocycles. The van der Waals surface area contributed by atoms with Crippen molar-refractivity contribution < 1.29 is 4.74 Å². The second-order valence-electron chi connectivity index (χ2n) is 5.83. The number of nitrogens with zero attached hydrogens (tertiary/aromatic N) is 3. The highest BCUT2D eigenvalue weighted by Crippen LogP contribution is 2.26. The lowest BCUT2D eigenvalue weighted by Crippen LogP contribution is -2.26. The van der Waals surface area contributed by atoms with Crippen LogP contribution < -0.4 is 4.74 Å². The Hall–Kier alpha value is -1.60. The largest absolute Gasteiger partial charge is 0.475 e. The van der Waals surface area contributed by atoms with Crippen molar-refractivity contribution in [3.8, 4) is 11.9 Å². The summed E-state index contributed by atoms with van der Waals surface area (Å²) < 4.78 is 5.77. The van der Waals surface area contributed by atoms with Crippen LogP contribution in [0.1, 0.15) is 42.5 Å². The molecule has 106 valence electrons. The van der Waals surface area contributed by atoms with E-state index in [0.717, 1.165) is 31.1 Å².